The second kappa shape index (κ2) is 10.4. The molecule has 10 heteroatoms. The predicted molar refractivity (Wildman–Crippen MR) is 129 cm³/mol. The molecule has 0 atom stereocenters. The molecule has 0 radical (unpaired) electrons. The van der Waals surface area contributed by atoms with Gasteiger partial charge in [0.15, 0.2) is 11.0 Å². The molecule has 0 saturated heterocycles. The van der Waals surface area contributed by atoms with Crippen LogP contribution in [0.5, 0.6) is 0 Å². The van der Waals surface area contributed by atoms with Crippen LogP contribution in [-0.2, 0) is 11.3 Å². The zero-order valence-electron chi connectivity index (χ0n) is 17.6. The van der Waals surface area contributed by atoms with E-state index >= 15 is 0 Å². The molecule has 4 rings (SSSR count). The fourth-order valence-corrected chi connectivity index (χ4v) is 4.62. The number of carbonyl (C=O) groups excluding carboxylic acids is 2. The van der Waals surface area contributed by atoms with Crippen LogP contribution in [0.15, 0.2) is 71.2 Å². The van der Waals surface area contributed by atoms with Crippen molar-refractivity contribution < 1.29 is 14.0 Å². The molecule has 2 N–H and O–H groups in total. The number of anilines is 2. The Bertz CT molecular complexity index is 1270. The van der Waals surface area contributed by atoms with Gasteiger partial charge in [0.05, 0.1) is 10.6 Å². The smallest absolute Gasteiger partial charge is 0.255 e. The van der Waals surface area contributed by atoms with Gasteiger partial charge < -0.3 is 15.2 Å². The van der Waals surface area contributed by atoms with E-state index in [2.05, 4.69) is 20.8 Å². The van der Waals surface area contributed by atoms with Crippen molar-refractivity contribution in [3.63, 3.8) is 0 Å². The molecule has 2 aromatic carbocycles. The van der Waals surface area contributed by atoms with Crippen LogP contribution >= 0.6 is 23.1 Å². The first kappa shape index (κ1) is 22.7. The minimum absolute atomic E-state index is 0.155. The standard InChI is InChI=1S/C23H20FN5O2S2/c1-2-29-21(19-10-5-11-32-19)27-28-23(29)33-14-20(30)25-17-8-4-9-18(13-17)26-22(31)15-6-3-7-16(24)12-15/h3-13H,2,14H2,1H3,(H,25,30)(H,26,31). The first-order valence-electron chi connectivity index (χ1n) is 10.1. The van der Waals surface area contributed by atoms with Crippen LogP contribution < -0.4 is 10.6 Å². The van der Waals surface area contributed by atoms with Crippen LogP contribution in [0.3, 0.4) is 0 Å². The lowest BCUT2D eigenvalue weighted by Gasteiger charge is -2.09. The van der Waals surface area contributed by atoms with Crippen molar-refractivity contribution in [2.45, 2.75) is 18.6 Å². The highest BCUT2D eigenvalue weighted by molar-refractivity contribution is 7.99. The maximum atomic E-state index is 13.4. The van der Waals surface area contributed by atoms with E-state index in [9.17, 15) is 14.0 Å². The highest BCUT2D eigenvalue weighted by Crippen LogP contribution is 2.27. The van der Waals surface area contributed by atoms with Crippen molar-refractivity contribution >= 4 is 46.3 Å². The molecule has 2 heterocycles. The zero-order chi connectivity index (χ0) is 23.2. The largest absolute Gasteiger partial charge is 0.325 e. The summed E-state index contributed by atoms with van der Waals surface area (Å²) in [5.74, 6) is -0.187. The third kappa shape index (κ3) is 5.65. The number of rotatable bonds is 8. The lowest BCUT2D eigenvalue weighted by molar-refractivity contribution is -0.113. The molecule has 7 nitrogen and oxygen atoms in total. The lowest BCUT2D eigenvalue weighted by Crippen LogP contribution is -2.15. The van der Waals surface area contributed by atoms with Crippen LogP contribution in [0, 0.1) is 5.82 Å². The summed E-state index contributed by atoms with van der Waals surface area (Å²) in [6.45, 7) is 2.70. The summed E-state index contributed by atoms with van der Waals surface area (Å²) in [6, 6.07) is 16.2. The van der Waals surface area contributed by atoms with Crippen molar-refractivity contribution in [1.82, 2.24) is 14.8 Å². The molecule has 2 amide bonds. The number of hydrogen-bond donors (Lipinski definition) is 2. The van der Waals surface area contributed by atoms with Crippen LogP contribution in [0.2, 0.25) is 0 Å². The number of thiophene rings is 1. The van der Waals surface area contributed by atoms with Crippen LogP contribution in [0.25, 0.3) is 10.7 Å². The van der Waals surface area contributed by atoms with E-state index in [4.69, 9.17) is 0 Å². The summed E-state index contributed by atoms with van der Waals surface area (Å²) in [4.78, 5) is 25.8. The SMILES string of the molecule is CCn1c(SCC(=O)Nc2cccc(NC(=O)c3cccc(F)c3)c2)nnc1-c1cccs1. The van der Waals surface area contributed by atoms with E-state index in [1.807, 2.05) is 29.0 Å². The van der Waals surface area contributed by atoms with Crippen molar-refractivity contribution in [2.24, 2.45) is 0 Å². The summed E-state index contributed by atoms with van der Waals surface area (Å²) >= 11 is 2.90. The molecule has 0 bridgehead atoms. The van der Waals surface area contributed by atoms with E-state index in [-0.39, 0.29) is 17.2 Å². The molecule has 0 unspecified atom stereocenters. The third-order valence-corrected chi connectivity index (χ3v) is 6.43. The normalized spacial score (nSPS) is 10.7. The van der Waals surface area contributed by atoms with E-state index < -0.39 is 11.7 Å². The van der Waals surface area contributed by atoms with Crippen LogP contribution in [0.4, 0.5) is 15.8 Å². The van der Waals surface area contributed by atoms with Gasteiger partial charge in [0.2, 0.25) is 5.91 Å². The van der Waals surface area contributed by atoms with Gasteiger partial charge in [-0.3, -0.25) is 9.59 Å². The molecule has 2 aromatic heterocycles. The molecular formula is C23H20FN5O2S2. The maximum Gasteiger partial charge on any atom is 0.255 e. The second-order valence-electron chi connectivity index (χ2n) is 6.91. The topological polar surface area (TPSA) is 88.9 Å². The average molecular weight is 482 g/mol. The van der Waals surface area contributed by atoms with E-state index in [0.717, 1.165) is 16.8 Å². The summed E-state index contributed by atoms with van der Waals surface area (Å²) in [6.07, 6.45) is 0. The molecule has 33 heavy (non-hydrogen) atoms. The van der Waals surface area contributed by atoms with E-state index in [1.165, 1.54) is 30.0 Å². The summed E-state index contributed by atoms with van der Waals surface area (Å²) < 4.78 is 15.3. The minimum Gasteiger partial charge on any atom is -0.325 e. The Morgan fingerprint density at radius 2 is 1.82 bits per heavy atom. The molecule has 4 aromatic rings. The number of hydrogen-bond acceptors (Lipinski definition) is 6. The molecule has 0 aliphatic rings. The third-order valence-electron chi connectivity index (χ3n) is 4.60. The van der Waals surface area contributed by atoms with Gasteiger partial charge in [0, 0.05) is 23.5 Å². The number of benzene rings is 2. The molecule has 0 aliphatic heterocycles. The number of nitrogens with one attached hydrogen (secondary N) is 2. The Hall–Kier alpha value is -3.50. The number of amides is 2. The number of thioether (sulfide) groups is 1. The van der Waals surface area contributed by atoms with Crippen molar-refractivity contribution in [3.8, 4) is 10.7 Å². The van der Waals surface area contributed by atoms with Crippen LogP contribution in [-0.4, -0.2) is 32.3 Å². The van der Waals surface area contributed by atoms with Crippen molar-refractivity contribution in [2.75, 3.05) is 16.4 Å². The molecule has 168 valence electrons. The van der Waals surface area contributed by atoms with E-state index in [0.29, 0.717) is 23.1 Å². The first-order valence-corrected chi connectivity index (χ1v) is 12.0. The van der Waals surface area contributed by atoms with Gasteiger partial charge in [-0.15, -0.1) is 21.5 Å². The molecule has 0 aliphatic carbocycles. The highest BCUT2D eigenvalue weighted by atomic mass is 32.2. The van der Waals surface area contributed by atoms with Gasteiger partial charge in [-0.25, -0.2) is 4.39 Å². The van der Waals surface area contributed by atoms with Gasteiger partial charge in [0.25, 0.3) is 5.91 Å². The van der Waals surface area contributed by atoms with Gasteiger partial charge in [-0.05, 0) is 54.8 Å². The number of nitrogens with zero attached hydrogens (tertiary/aromatic N) is 3. The monoisotopic (exact) mass is 481 g/mol. The van der Waals surface area contributed by atoms with Gasteiger partial charge in [0.1, 0.15) is 5.82 Å². The summed E-state index contributed by atoms with van der Waals surface area (Å²) in [5.41, 5.74) is 1.23. The Morgan fingerprint density at radius 3 is 2.55 bits per heavy atom. The van der Waals surface area contributed by atoms with Crippen LogP contribution in [0.1, 0.15) is 17.3 Å². The molecule has 0 saturated carbocycles. The maximum absolute atomic E-state index is 13.4. The molecular weight excluding hydrogens is 461 g/mol. The minimum atomic E-state index is -0.484. The molecule has 0 fully saturated rings. The summed E-state index contributed by atoms with van der Waals surface area (Å²) in [5, 5.41) is 16.7. The van der Waals surface area contributed by atoms with E-state index in [1.54, 1.807) is 35.6 Å². The van der Waals surface area contributed by atoms with Gasteiger partial charge in [-0.1, -0.05) is 30.0 Å². The summed E-state index contributed by atoms with van der Waals surface area (Å²) in [7, 11) is 0. The van der Waals surface area contributed by atoms with Crippen molar-refractivity contribution in [1.29, 1.82) is 0 Å². The first-order chi connectivity index (χ1) is 16.0. The Labute approximate surface area is 198 Å². The quantitative estimate of drug-likeness (QED) is 0.340. The predicted octanol–water partition coefficient (Wildman–Crippen LogP) is 5.15. The van der Waals surface area contributed by atoms with Crippen molar-refractivity contribution in [3.05, 3.63) is 77.4 Å². The highest BCUT2D eigenvalue weighted by Gasteiger charge is 2.15. The lowest BCUT2D eigenvalue weighted by atomic mass is 10.2. The Kier molecular flexibility index (Phi) is 7.16. The zero-order valence-corrected chi connectivity index (χ0v) is 19.3. The fraction of sp³-hybridized carbons (Fsp3) is 0.130. The Morgan fingerprint density at radius 1 is 1.03 bits per heavy atom. The fourth-order valence-electron chi connectivity index (χ4n) is 3.10. The number of carbonyl (C=O) groups is 2. The Balaban J connectivity index is 1.36. The number of halogens is 1. The molecule has 0 spiro atoms. The average Bonchev–Trinajstić information content (AvgIpc) is 3.47. The van der Waals surface area contributed by atoms with Gasteiger partial charge >= 0.3 is 0 Å². The second-order valence-corrected chi connectivity index (χ2v) is 8.80. The van der Waals surface area contributed by atoms with Gasteiger partial charge in [-0.2, -0.15) is 0 Å². The number of aromatic nitrogens is 3.